The molecule has 0 radical (unpaired) electrons. The van der Waals surface area contributed by atoms with Crippen molar-refractivity contribution >= 4 is 50.2 Å². The van der Waals surface area contributed by atoms with Crippen molar-refractivity contribution in [3.8, 4) is 0 Å². The molecular weight excluding hydrogens is 490 g/mol. The van der Waals surface area contributed by atoms with Gasteiger partial charge in [0.1, 0.15) is 11.3 Å². The van der Waals surface area contributed by atoms with Crippen molar-refractivity contribution in [2.24, 2.45) is 0 Å². The maximum Gasteiger partial charge on any atom is 0.158 e. The van der Waals surface area contributed by atoms with Gasteiger partial charge in [-0.15, -0.1) is 0 Å². The Morgan fingerprint density at radius 1 is 0.550 bits per heavy atom. The van der Waals surface area contributed by atoms with E-state index in [9.17, 15) is 0 Å². The van der Waals surface area contributed by atoms with Gasteiger partial charge in [-0.2, -0.15) is 0 Å². The van der Waals surface area contributed by atoms with Crippen molar-refractivity contribution < 1.29 is 0 Å². The van der Waals surface area contributed by atoms with Crippen LogP contribution < -0.4 is 4.90 Å². The molecule has 0 unspecified atom stereocenters. The maximum absolute atomic E-state index is 5.31. The monoisotopic (exact) mass is 523 g/mol. The van der Waals surface area contributed by atoms with Gasteiger partial charge in [0, 0.05) is 22.2 Å². The van der Waals surface area contributed by atoms with Gasteiger partial charge in [-0.25, -0.2) is 9.97 Å². The highest BCUT2D eigenvalue weighted by Crippen LogP contribution is 2.40. The molecule has 0 saturated heterocycles. The van der Waals surface area contributed by atoms with Crippen molar-refractivity contribution in [1.29, 1.82) is 0 Å². The van der Waals surface area contributed by atoms with E-state index in [1.807, 2.05) is 0 Å². The Morgan fingerprint density at radius 2 is 0.950 bits per heavy atom. The third kappa shape index (κ3) is 3.40. The summed E-state index contributed by atoms with van der Waals surface area (Å²) < 4.78 is 4.47. The summed E-state index contributed by atoms with van der Waals surface area (Å²) in [6.07, 6.45) is 4.34. The molecule has 5 nitrogen and oxygen atoms in total. The summed E-state index contributed by atoms with van der Waals surface area (Å²) in [7, 11) is 0. The molecule has 0 bridgehead atoms. The lowest BCUT2D eigenvalue weighted by Gasteiger charge is -2.24. The number of nitrogens with zero attached hydrogens (tertiary/aromatic N) is 5. The molecule has 0 fully saturated rings. The Hall–Kier alpha value is -4.64. The number of imidazole rings is 2. The summed E-state index contributed by atoms with van der Waals surface area (Å²) in [6.45, 7) is 15.3. The first-order valence-corrected chi connectivity index (χ1v) is 13.9. The molecule has 7 rings (SSSR count). The van der Waals surface area contributed by atoms with Gasteiger partial charge in [-0.05, 0) is 81.5 Å². The van der Waals surface area contributed by atoms with Crippen LogP contribution in [0.4, 0.5) is 17.3 Å². The molecule has 4 aromatic heterocycles. The summed E-state index contributed by atoms with van der Waals surface area (Å²) in [5.41, 5.74) is 11.6. The van der Waals surface area contributed by atoms with Crippen LogP contribution in [0, 0.1) is 48.5 Å². The van der Waals surface area contributed by atoms with Crippen molar-refractivity contribution in [1.82, 2.24) is 18.8 Å². The highest BCUT2D eigenvalue weighted by atomic mass is 15.3. The zero-order chi connectivity index (χ0) is 27.9. The molecule has 40 heavy (non-hydrogen) atoms. The molecule has 0 amide bonds. The Morgan fingerprint density at radius 3 is 1.38 bits per heavy atom. The Labute approximate surface area is 234 Å². The average Bonchev–Trinajstić information content (AvgIpc) is 3.58. The van der Waals surface area contributed by atoms with E-state index in [0.29, 0.717) is 0 Å². The van der Waals surface area contributed by atoms with Crippen molar-refractivity contribution in [3.05, 3.63) is 112 Å². The first-order valence-electron chi connectivity index (χ1n) is 13.9. The summed E-state index contributed by atoms with van der Waals surface area (Å²) in [5, 5.41) is 4.79. The molecule has 0 aliphatic rings. The average molecular weight is 524 g/mol. The normalized spacial score (nSPS) is 11.9. The van der Waals surface area contributed by atoms with Gasteiger partial charge in [0.05, 0.1) is 18.1 Å². The van der Waals surface area contributed by atoms with Crippen molar-refractivity contribution in [3.63, 3.8) is 0 Å². The second-order valence-electron chi connectivity index (χ2n) is 11.2. The Balaban J connectivity index is 1.58. The molecule has 4 heterocycles. The number of aryl methyl sites for hydroxylation is 7. The largest absolute Gasteiger partial charge is 0.301 e. The van der Waals surface area contributed by atoms with Gasteiger partial charge in [0.25, 0.3) is 0 Å². The van der Waals surface area contributed by atoms with Crippen molar-refractivity contribution in [2.45, 2.75) is 48.5 Å². The molecule has 3 aromatic carbocycles. The minimum absolute atomic E-state index is 0.857. The first-order chi connectivity index (χ1) is 19.2. The summed E-state index contributed by atoms with van der Waals surface area (Å²) in [6, 6.07) is 21.6. The zero-order valence-electron chi connectivity index (χ0n) is 24.2. The SMILES string of the molecule is Cc1cc(C)c(N(c2cn3c(C)c(C)c4ccccc4c3n2)c2cn3c(C)c(C)c4ccccc4c3n2)c(C)c1. The molecule has 0 atom stereocenters. The Kier molecular flexibility index (Phi) is 5.30. The number of pyridine rings is 2. The van der Waals surface area contributed by atoms with Gasteiger partial charge in [-0.3, -0.25) is 4.90 Å². The fourth-order valence-corrected chi connectivity index (χ4v) is 6.48. The third-order valence-corrected chi connectivity index (χ3v) is 8.66. The number of anilines is 3. The molecule has 0 saturated carbocycles. The second-order valence-corrected chi connectivity index (χ2v) is 11.2. The van der Waals surface area contributed by atoms with Gasteiger partial charge >= 0.3 is 0 Å². The van der Waals surface area contributed by atoms with Gasteiger partial charge in [-0.1, -0.05) is 66.2 Å². The van der Waals surface area contributed by atoms with E-state index in [1.54, 1.807) is 0 Å². The van der Waals surface area contributed by atoms with Crippen LogP contribution in [0.15, 0.2) is 73.1 Å². The fraction of sp³-hybridized carbons (Fsp3) is 0.200. The highest BCUT2D eigenvalue weighted by molar-refractivity contribution is 5.99. The van der Waals surface area contributed by atoms with Crippen LogP contribution in [0.1, 0.15) is 39.2 Å². The number of fused-ring (bicyclic) bond motifs is 6. The van der Waals surface area contributed by atoms with Gasteiger partial charge in [0.2, 0.25) is 0 Å². The number of hydrogen-bond acceptors (Lipinski definition) is 3. The van der Waals surface area contributed by atoms with Crippen LogP contribution in [-0.2, 0) is 0 Å². The predicted molar refractivity (Wildman–Crippen MR) is 167 cm³/mol. The van der Waals surface area contributed by atoms with E-state index in [-0.39, 0.29) is 0 Å². The molecule has 198 valence electrons. The first kappa shape index (κ1) is 24.4. The topological polar surface area (TPSA) is 37.8 Å². The lowest BCUT2D eigenvalue weighted by atomic mass is 10.0. The number of benzene rings is 3. The molecule has 5 heteroatoms. The highest BCUT2D eigenvalue weighted by Gasteiger charge is 2.25. The Bertz CT molecular complexity index is 1990. The molecule has 0 spiro atoms. The predicted octanol–water partition coefficient (Wildman–Crippen LogP) is 8.92. The summed E-state index contributed by atoms with van der Waals surface area (Å²) in [5.74, 6) is 1.71. The van der Waals surface area contributed by atoms with E-state index in [2.05, 4.69) is 135 Å². The van der Waals surface area contributed by atoms with Crippen LogP contribution in [0.2, 0.25) is 0 Å². The minimum Gasteiger partial charge on any atom is -0.301 e. The standard InChI is InChI=1S/C35H33N5/c1-20-16-21(2)33(22(3)17-20)40(31-18-38-25(6)23(4)27-12-8-10-14-29(27)34(38)36-31)32-19-39-26(7)24(5)28-13-9-11-15-30(28)35(39)37-32/h8-19H,1-7H3. The quantitative estimate of drug-likeness (QED) is 0.232. The zero-order valence-corrected chi connectivity index (χ0v) is 24.2. The van der Waals surface area contributed by atoms with Crippen LogP contribution in [0.25, 0.3) is 32.8 Å². The smallest absolute Gasteiger partial charge is 0.158 e. The third-order valence-electron chi connectivity index (χ3n) is 8.66. The van der Waals surface area contributed by atoms with Crippen molar-refractivity contribution in [2.75, 3.05) is 4.90 Å². The molecular formula is C35H33N5. The fourth-order valence-electron chi connectivity index (χ4n) is 6.48. The molecule has 0 aliphatic heterocycles. The lowest BCUT2D eigenvalue weighted by Crippen LogP contribution is -2.14. The lowest BCUT2D eigenvalue weighted by molar-refractivity contribution is 1.07. The summed E-state index contributed by atoms with van der Waals surface area (Å²) in [4.78, 5) is 12.9. The van der Waals surface area contributed by atoms with Gasteiger partial charge < -0.3 is 8.80 Å². The van der Waals surface area contributed by atoms with Crippen LogP contribution in [-0.4, -0.2) is 18.8 Å². The molecule has 0 N–H and O–H groups in total. The summed E-state index contributed by atoms with van der Waals surface area (Å²) >= 11 is 0. The number of rotatable bonds is 3. The second kappa shape index (κ2) is 8.68. The van der Waals surface area contributed by atoms with E-state index in [1.165, 1.54) is 50.0 Å². The van der Waals surface area contributed by atoms with E-state index >= 15 is 0 Å². The molecule has 7 aromatic rings. The van der Waals surface area contributed by atoms with Gasteiger partial charge in [0.15, 0.2) is 11.6 Å². The number of hydrogen-bond donors (Lipinski definition) is 0. The van der Waals surface area contributed by atoms with E-state index < -0.39 is 0 Å². The van der Waals surface area contributed by atoms with Crippen LogP contribution >= 0.6 is 0 Å². The maximum atomic E-state index is 5.31. The molecule has 0 aliphatic carbocycles. The van der Waals surface area contributed by atoms with Crippen LogP contribution in [0.5, 0.6) is 0 Å². The van der Waals surface area contributed by atoms with E-state index in [4.69, 9.17) is 9.97 Å². The van der Waals surface area contributed by atoms with Crippen LogP contribution in [0.3, 0.4) is 0 Å². The van der Waals surface area contributed by atoms with E-state index in [0.717, 1.165) is 39.4 Å². The minimum atomic E-state index is 0.857. The number of aromatic nitrogens is 4.